The van der Waals surface area contributed by atoms with Crippen LogP contribution in [-0.4, -0.2) is 18.7 Å². The lowest BCUT2D eigenvalue weighted by Crippen LogP contribution is -2.24. The second-order valence-electron chi connectivity index (χ2n) is 5.59. The molecule has 0 saturated heterocycles. The fourth-order valence-corrected chi connectivity index (χ4v) is 2.78. The zero-order chi connectivity index (χ0) is 15.6. The van der Waals surface area contributed by atoms with Gasteiger partial charge in [0.1, 0.15) is 21.9 Å². The Morgan fingerprint density at radius 2 is 1.86 bits per heavy atom. The average Bonchev–Trinajstić information content (AvgIpc) is 2.78. The molecule has 4 nitrogen and oxygen atoms in total. The third kappa shape index (κ3) is 3.36. The molecule has 5 heteroatoms. The average molecular weight is 305 g/mol. The van der Waals surface area contributed by atoms with Crippen molar-refractivity contribution in [2.75, 3.05) is 12.8 Å². The zero-order valence-corrected chi connectivity index (χ0v) is 13.4. The summed E-state index contributed by atoms with van der Waals surface area (Å²) in [5.74, 6) is 0.280. The summed E-state index contributed by atoms with van der Waals surface area (Å²) >= 11 is 1.32. The predicted molar refractivity (Wildman–Crippen MR) is 85.9 cm³/mol. The number of carbonyl (C=O) groups excluding carboxylic acids is 1. The van der Waals surface area contributed by atoms with Gasteiger partial charge in [-0.3, -0.25) is 0 Å². The summed E-state index contributed by atoms with van der Waals surface area (Å²) in [4.78, 5) is 12.4. The van der Waals surface area contributed by atoms with Crippen molar-refractivity contribution in [3.05, 3.63) is 35.2 Å². The van der Waals surface area contributed by atoms with Gasteiger partial charge in [0.2, 0.25) is 0 Å². The zero-order valence-electron chi connectivity index (χ0n) is 12.6. The van der Waals surface area contributed by atoms with Gasteiger partial charge in [-0.2, -0.15) is 0 Å². The molecule has 0 saturated carbocycles. The molecular formula is C16H19NO3S. The first-order valence-corrected chi connectivity index (χ1v) is 7.45. The van der Waals surface area contributed by atoms with E-state index in [9.17, 15) is 4.79 Å². The molecule has 0 aliphatic heterocycles. The molecule has 0 aliphatic rings. The molecule has 1 aromatic carbocycles. The summed E-state index contributed by atoms with van der Waals surface area (Å²) in [6.45, 7) is 5.49. The highest BCUT2D eigenvalue weighted by atomic mass is 32.1. The minimum Gasteiger partial charge on any atom is -0.496 e. The molecule has 21 heavy (non-hydrogen) atoms. The maximum absolute atomic E-state index is 12.4. The van der Waals surface area contributed by atoms with Crippen molar-refractivity contribution in [1.29, 1.82) is 0 Å². The Bertz CT molecular complexity index is 656. The number of rotatable bonds is 3. The van der Waals surface area contributed by atoms with E-state index in [0.29, 0.717) is 16.3 Å². The number of methoxy groups -OCH3 is 1. The lowest BCUT2D eigenvalue weighted by atomic mass is 10.0. The Hall–Kier alpha value is -2.01. The van der Waals surface area contributed by atoms with Gasteiger partial charge in [0, 0.05) is 16.5 Å². The molecule has 0 amide bonds. The highest BCUT2D eigenvalue weighted by Crippen LogP contribution is 2.39. The van der Waals surface area contributed by atoms with Gasteiger partial charge in [-0.25, -0.2) is 4.79 Å². The second kappa shape index (κ2) is 5.77. The van der Waals surface area contributed by atoms with Gasteiger partial charge in [-0.05, 0) is 26.8 Å². The van der Waals surface area contributed by atoms with Gasteiger partial charge < -0.3 is 15.2 Å². The van der Waals surface area contributed by atoms with Crippen molar-refractivity contribution in [1.82, 2.24) is 0 Å². The third-order valence-corrected chi connectivity index (χ3v) is 3.63. The SMILES string of the molecule is COc1ccccc1-c1csc(N)c1C(=O)OC(C)(C)C. The van der Waals surface area contributed by atoms with E-state index in [1.165, 1.54) is 11.3 Å². The van der Waals surface area contributed by atoms with Crippen LogP contribution in [0.3, 0.4) is 0 Å². The van der Waals surface area contributed by atoms with Crippen LogP contribution in [0, 0.1) is 0 Å². The summed E-state index contributed by atoms with van der Waals surface area (Å²) in [5, 5.41) is 2.30. The van der Waals surface area contributed by atoms with E-state index in [-0.39, 0.29) is 0 Å². The van der Waals surface area contributed by atoms with Crippen LogP contribution in [0.4, 0.5) is 5.00 Å². The van der Waals surface area contributed by atoms with Gasteiger partial charge in [-0.15, -0.1) is 11.3 Å². The maximum Gasteiger partial charge on any atom is 0.342 e. The fourth-order valence-electron chi connectivity index (χ4n) is 1.98. The molecule has 0 atom stereocenters. The fraction of sp³-hybridized carbons (Fsp3) is 0.312. The number of nitrogen functional groups attached to an aromatic ring is 1. The third-order valence-electron chi connectivity index (χ3n) is 2.82. The summed E-state index contributed by atoms with van der Waals surface area (Å²) in [7, 11) is 1.60. The molecule has 0 fully saturated rings. The molecule has 0 aliphatic carbocycles. The Balaban J connectivity index is 2.50. The molecule has 2 N–H and O–H groups in total. The number of hydrogen-bond acceptors (Lipinski definition) is 5. The summed E-state index contributed by atoms with van der Waals surface area (Å²) in [5.41, 5.74) is 7.37. The summed E-state index contributed by atoms with van der Waals surface area (Å²) in [6.07, 6.45) is 0. The molecule has 0 spiro atoms. The predicted octanol–water partition coefficient (Wildman–Crippen LogP) is 3.96. The topological polar surface area (TPSA) is 61.5 Å². The van der Waals surface area contributed by atoms with Gasteiger partial charge in [0.05, 0.1) is 7.11 Å². The highest BCUT2D eigenvalue weighted by Gasteiger charge is 2.25. The van der Waals surface area contributed by atoms with E-state index in [1.807, 2.05) is 50.4 Å². The number of nitrogens with two attached hydrogens (primary N) is 1. The van der Waals surface area contributed by atoms with Gasteiger partial charge in [-0.1, -0.05) is 18.2 Å². The Labute approximate surface area is 128 Å². The van der Waals surface area contributed by atoms with E-state index in [1.54, 1.807) is 7.11 Å². The first kappa shape index (κ1) is 15.4. The van der Waals surface area contributed by atoms with Gasteiger partial charge >= 0.3 is 5.97 Å². The number of para-hydroxylation sites is 1. The number of ether oxygens (including phenoxy) is 2. The van der Waals surface area contributed by atoms with Crippen LogP contribution in [0.25, 0.3) is 11.1 Å². The van der Waals surface area contributed by atoms with Crippen LogP contribution in [0.5, 0.6) is 5.75 Å². The standard InChI is InChI=1S/C16H19NO3S/c1-16(2,3)20-15(18)13-11(9-21-14(13)17)10-7-5-6-8-12(10)19-4/h5-9H,17H2,1-4H3. The smallest absolute Gasteiger partial charge is 0.342 e. The molecule has 1 heterocycles. The molecule has 2 aromatic rings. The van der Waals surface area contributed by atoms with Crippen LogP contribution in [0.2, 0.25) is 0 Å². The second-order valence-corrected chi connectivity index (χ2v) is 6.50. The molecule has 0 radical (unpaired) electrons. The largest absolute Gasteiger partial charge is 0.496 e. The minimum absolute atomic E-state index is 0.402. The van der Waals surface area contributed by atoms with Crippen molar-refractivity contribution in [3.8, 4) is 16.9 Å². The first-order valence-electron chi connectivity index (χ1n) is 6.57. The molecule has 0 unspecified atom stereocenters. The van der Waals surface area contributed by atoms with Gasteiger partial charge in [0.15, 0.2) is 0 Å². The maximum atomic E-state index is 12.4. The van der Waals surface area contributed by atoms with Crippen molar-refractivity contribution in [2.24, 2.45) is 0 Å². The monoisotopic (exact) mass is 305 g/mol. The quantitative estimate of drug-likeness (QED) is 0.872. The van der Waals surface area contributed by atoms with Crippen LogP contribution in [0.1, 0.15) is 31.1 Å². The van der Waals surface area contributed by atoms with Crippen molar-refractivity contribution in [2.45, 2.75) is 26.4 Å². The number of benzene rings is 1. The van der Waals surface area contributed by atoms with Crippen LogP contribution >= 0.6 is 11.3 Å². The summed E-state index contributed by atoms with van der Waals surface area (Å²) < 4.78 is 10.8. The molecule has 1 aromatic heterocycles. The van der Waals surface area contributed by atoms with Crippen molar-refractivity contribution in [3.63, 3.8) is 0 Å². The lowest BCUT2D eigenvalue weighted by Gasteiger charge is -2.20. The van der Waals surface area contributed by atoms with Crippen LogP contribution in [-0.2, 0) is 4.74 Å². The number of carbonyl (C=O) groups is 1. The minimum atomic E-state index is -0.566. The lowest BCUT2D eigenvalue weighted by molar-refractivity contribution is 0.00722. The molecule has 2 rings (SSSR count). The van der Waals surface area contributed by atoms with Crippen LogP contribution in [0.15, 0.2) is 29.6 Å². The van der Waals surface area contributed by atoms with E-state index < -0.39 is 11.6 Å². The Morgan fingerprint density at radius 3 is 2.48 bits per heavy atom. The molecule has 0 bridgehead atoms. The van der Waals surface area contributed by atoms with Crippen LogP contribution < -0.4 is 10.5 Å². The number of esters is 1. The first-order chi connectivity index (χ1) is 9.83. The molecular weight excluding hydrogens is 286 g/mol. The van der Waals surface area contributed by atoms with E-state index in [2.05, 4.69) is 0 Å². The highest BCUT2D eigenvalue weighted by molar-refractivity contribution is 7.15. The normalized spacial score (nSPS) is 11.2. The summed E-state index contributed by atoms with van der Waals surface area (Å²) in [6, 6.07) is 7.52. The van der Waals surface area contributed by atoms with E-state index in [0.717, 1.165) is 11.1 Å². The number of anilines is 1. The van der Waals surface area contributed by atoms with Crippen molar-refractivity contribution >= 4 is 22.3 Å². The molecule has 112 valence electrons. The van der Waals surface area contributed by atoms with Gasteiger partial charge in [0.25, 0.3) is 0 Å². The van der Waals surface area contributed by atoms with E-state index in [4.69, 9.17) is 15.2 Å². The number of hydrogen-bond donors (Lipinski definition) is 1. The van der Waals surface area contributed by atoms with E-state index >= 15 is 0 Å². The Morgan fingerprint density at radius 1 is 1.19 bits per heavy atom. The Kier molecular flexibility index (Phi) is 4.23. The van der Waals surface area contributed by atoms with Crippen molar-refractivity contribution < 1.29 is 14.3 Å². The number of thiophene rings is 1.